The second kappa shape index (κ2) is 36.8. The topological polar surface area (TPSA) is 117 Å². The van der Waals surface area contributed by atoms with Gasteiger partial charge in [0.25, 0.3) is 0 Å². The lowest BCUT2D eigenvalue weighted by Gasteiger charge is -2.20. The van der Waals surface area contributed by atoms with E-state index < -0.39 is 13.9 Å². The third kappa shape index (κ3) is 36.6. The summed E-state index contributed by atoms with van der Waals surface area (Å²) in [6.07, 6.45) is 36.5. The van der Waals surface area contributed by atoms with Gasteiger partial charge in [-0.25, -0.2) is 4.57 Å². The van der Waals surface area contributed by atoms with Gasteiger partial charge >= 0.3 is 13.8 Å². The Morgan fingerprint density at radius 3 is 1.34 bits per heavy atom. The average Bonchev–Trinajstić information content (AvgIpc) is 3.06. The number of rotatable bonds is 39. The molecule has 0 aromatic carbocycles. The van der Waals surface area contributed by atoms with Crippen molar-refractivity contribution in [2.24, 2.45) is 5.73 Å². The lowest BCUT2D eigenvalue weighted by molar-refractivity contribution is -0.154. The van der Waals surface area contributed by atoms with Crippen LogP contribution in [0.15, 0.2) is 0 Å². The van der Waals surface area contributed by atoms with Gasteiger partial charge in [-0.05, 0) is 12.8 Å². The average molecular weight is 692 g/mol. The highest BCUT2D eigenvalue weighted by molar-refractivity contribution is 7.47. The second-order valence-corrected chi connectivity index (χ2v) is 15.0. The first-order valence-electron chi connectivity index (χ1n) is 20.0. The van der Waals surface area contributed by atoms with Gasteiger partial charge in [0, 0.05) is 19.6 Å². The molecule has 0 spiro atoms. The maximum atomic E-state index is 12.2. The summed E-state index contributed by atoms with van der Waals surface area (Å²) in [5.74, 6) is -0.351. The summed E-state index contributed by atoms with van der Waals surface area (Å²) in [5, 5.41) is 0. The van der Waals surface area contributed by atoms with Crippen LogP contribution in [0.5, 0.6) is 0 Å². The zero-order chi connectivity index (χ0) is 34.5. The van der Waals surface area contributed by atoms with Crippen LogP contribution in [0.25, 0.3) is 0 Å². The molecule has 0 aliphatic carbocycles. The molecule has 0 radical (unpaired) electrons. The molecule has 0 aromatic heterocycles. The third-order valence-corrected chi connectivity index (χ3v) is 9.76. The fraction of sp³-hybridized carbons (Fsp3) is 0.974. The standard InChI is InChI=1S/C38H78NO7P/c1-3-5-7-8-9-10-11-12-13-14-15-16-17-18-19-20-21-22-23-24-25-26-27-28-30-33-43-35-37(46-38(40)31-29-6-4-2)36-45-47(41,42)44-34-32-39/h37H,3-36,39H2,1-2H3,(H,41,42). The molecule has 0 aliphatic rings. The molecule has 0 aliphatic heterocycles. The highest BCUT2D eigenvalue weighted by Gasteiger charge is 2.25. The van der Waals surface area contributed by atoms with Gasteiger partial charge in [0.1, 0.15) is 6.10 Å². The maximum Gasteiger partial charge on any atom is 0.472 e. The molecule has 2 unspecified atom stereocenters. The lowest BCUT2D eigenvalue weighted by Crippen LogP contribution is -2.28. The van der Waals surface area contributed by atoms with E-state index in [0.717, 1.165) is 32.1 Å². The predicted molar refractivity (Wildman–Crippen MR) is 197 cm³/mol. The van der Waals surface area contributed by atoms with Gasteiger partial charge < -0.3 is 20.1 Å². The monoisotopic (exact) mass is 692 g/mol. The lowest BCUT2D eigenvalue weighted by atomic mass is 10.0. The zero-order valence-corrected chi connectivity index (χ0v) is 31.9. The van der Waals surface area contributed by atoms with Crippen LogP contribution < -0.4 is 5.73 Å². The number of ether oxygens (including phenoxy) is 2. The number of phosphoric acid groups is 1. The van der Waals surface area contributed by atoms with Crippen molar-refractivity contribution < 1.29 is 32.8 Å². The van der Waals surface area contributed by atoms with Crippen LogP contribution in [0.1, 0.15) is 200 Å². The van der Waals surface area contributed by atoms with E-state index in [9.17, 15) is 14.3 Å². The highest BCUT2D eigenvalue weighted by atomic mass is 31.2. The Morgan fingerprint density at radius 1 is 0.553 bits per heavy atom. The Kier molecular flexibility index (Phi) is 36.4. The summed E-state index contributed by atoms with van der Waals surface area (Å²) in [6, 6.07) is 0. The Balaban J connectivity index is 3.60. The molecule has 0 fully saturated rings. The van der Waals surface area contributed by atoms with Crippen molar-refractivity contribution >= 4 is 13.8 Å². The van der Waals surface area contributed by atoms with E-state index in [0.29, 0.717) is 13.0 Å². The minimum Gasteiger partial charge on any atom is -0.457 e. The van der Waals surface area contributed by atoms with Crippen LogP contribution in [0.4, 0.5) is 0 Å². The summed E-state index contributed by atoms with van der Waals surface area (Å²) in [7, 11) is -4.24. The number of nitrogens with two attached hydrogens (primary N) is 1. The predicted octanol–water partition coefficient (Wildman–Crippen LogP) is 11.4. The first-order valence-corrected chi connectivity index (χ1v) is 21.5. The first kappa shape index (κ1) is 46.5. The van der Waals surface area contributed by atoms with E-state index >= 15 is 0 Å². The minimum absolute atomic E-state index is 0.0919. The summed E-state index contributed by atoms with van der Waals surface area (Å²) in [5.41, 5.74) is 5.32. The first-order chi connectivity index (χ1) is 22.9. The van der Waals surface area contributed by atoms with Crippen LogP contribution >= 0.6 is 7.82 Å². The molecule has 0 heterocycles. The molecule has 0 bridgehead atoms. The highest BCUT2D eigenvalue weighted by Crippen LogP contribution is 2.43. The van der Waals surface area contributed by atoms with Gasteiger partial charge in [-0.3, -0.25) is 13.8 Å². The summed E-state index contributed by atoms with van der Waals surface area (Å²) in [4.78, 5) is 21.9. The van der Waals surface area contributed by atoms with E-state index in [1.165, 1.54) is 148 Å². The molecule has 0 saturated carbocycles. The summed E-state index contributed by atoms with van der Waals surface area (Å²) >= 11 is 0. The Bertz CT molecular complexity index is 697. The molecule has 0 amide bonds. The van der Waals surface area contributed by atoms with Crippen molar-refractivity contribution in [2.45, 2.75) is 206 Å². The van der Waals surface area contributed by atoms with Crippen molar-refractivity contribution in [2.75, 3.05) is 33.0 Å². The van der Waals surface area contributed by atoms with Crippen molar-refractivity contribution in [1.82, 2.24) is 0 Å². The fourth-order valence-corrected chi connectivity index (χ4v) is 6.59. The quantitative estimate of drug-likeness (QED) is 0.0371. The zero-order valence-electron chi connectivity index (χ0n) is 31.0. The summed E-state index contributed by atoms with van der Waals surface area (Å²) in [6.45, 7) is 4.78. The van der Waals surface area contributed by atoms with E-state index in [-0.39, 0.29) is 32.3 Å². The smallest absolute Gasteiger partial charge is 0.457 e. The minimum atomic E-state index is -4.24. The van der Waals surface area contributed by atoms with E-state index in [2.05, 4.69) is 13.8 Å². The number of hydrogen-bond donors (Lipinski definition) is 2. The number of phosphoric ester groups is 1. The molecular formula is C38H78NO7P. The molecular weight excluding hydrogens is 613 g/mol. The number of hydrogen-bond acceptors (Lipinski definition) is 7. The molecule has 2 atom stereocenters. The van der Waals surface area contributed by atoms with E-state index in [4.69, 9.17) is 24.3 Å². The SMILES string of the molecule is CCCCCCCCCCCCCCCCCCCCCCCCCCCOCC(COP(=O)(O)OCCN)OC(=O)CCCCC. The molecule has 0 saturated heterocycles. The molecule has 0 rings (SSSR count). The number of unbranched alkanes of at least 4 members (excludes halogenated alkanes) is 26. The number of carbonyl (C=O) groups is 1. The van der Waals surface area contributed by atoms with Crippen LogP contribution in [-0.4, -0.2) is 49.9 Å². The van der Waals surface area contributed by atoms with E-state index in [1.807, 2.05) is 0 Å². The number of carbonyl (C=O) groups excluding carboxylic acids is 1. The van der Waals surface area contributed by atoms with Crippen LogP contribution in [0.3, 0.4) is 0 Å². The molecule has 47 heavy (non-hydrogen) atoms. The van der Waals surface area contributed by atoms with Crippen LogP contribution in [0.2, 0.25) is 0 Å². The van der Waals surface area contributed by atoms with Crippen molar-refractivity contribution in [3.8, 4) is 0 Å². The Hall–Kier alpha value is -0.500. The maximum absolute atomic E-state index is 12.2. The van der Waals surface area contributed by atoms with Crippen LogP contribution in [-0.2, 0) is 27.9 Å². The third-order valence-electron chi connectivity index (χ3n) is 8.77. The molecule has 9 heteroatoms. The van der Waals surface area contributed by atoms with Gasteiger partial charge in [-0.15, -0.1) is 0 Å². The number of esters is 1. The molecule has 3 N–H and O–H groups in total. The van der Waals surface area contributed by atoms with Gasteiger partial charge in [0.2, 0.25) is 0 Å². The van der Waals surface area contributed by atoms with Gasteiger partial charge in [0.15, 0.2) is 0 Å². The van der Waals surface area contributed by atoms with Crippen molar-refractivity contribution in [3.05, 3.63) is 0 Å². The molecule has 8 nitrogen and oxygen atoms in total. The van der Waals surface area contributed by atoms with Gasteiger partial charge in [-0.2, -0.15) is 0 Å². The van der Waals surface area contributed by atoms with Gasteiger partial charge in [-0.1, -0.05) is 181 Å². The van der Waals surface area contributed by atoms with E-state index in [1.54, 1.807) is 0 Å². The van der Waals surface area contributed by atoms with Gasteiger partial charge in [0.05, 0.1) is 19.8 Å². The van der Waals surface area contributed by atoms with Crippen molar-refractivity contribution in [3.63, 3.8) is 0 Å². The Morgan fingerprint density at radius 2 is 0.936 bits per heavy atom. The van der Waals surface area contributed by atoms with Crippen molar-refractivity contribution in [1.29, 1.82) is 0 Å². The fourth-order valence-electron chi connectivity index (χ4n) is 5.82. The molecule has 0 aromatic rings. The largest absolute Gasteiger partial charge is 0.472 e. The second-order valence-electron chi connectivity index (χ2n) is 13.5. The van der Waals surface area contributed by atoms with Crippen LogP contribution in [0, 0.1) is 0 Å². The normalized spacial score (nSPS) is 13.5. The molecule has 282 valence electrons. The summed E-state index contributed by atoms with van der Waals surface area (Å²) < 4.78 is 32.9. The Labute approximate surface area is 291 Å².